The molecule has 0 aromatic heterocycles. The van der Waals surface area contributed by atoms with Crippen molar-refractivity contribution in [3.8, 4) is 12.3 Å². The number of phosphoric acid groups is 2. The lowest BCUT2D eigenvalue weighted by Crippen LogP contribution is -2.30. The second-order valence-corrected chi connectivity index (χ2v) is 32.3. The smallest absolute Gasteiger partial charge is 0.462 e. The molecule has 1 rings (SSSR count). The third kappa shape index (κ3) is 66.6. The zero-order valence-corrected chi connectivity index (χ0v) is 67.0. The highest BCUT2D eigenvalue weighted by Gasteiger charge is 2.38. The van der Waals surface area contributed by atoms with Crippen LogP contribution in [0.1, 0.15) is 419 Å². The van der Waals surface area contributed by atoms with Crippen LogP contribution in [0.3, 0.4) is 0 Å². The maximum atomic E-state index is 13.1. The molecular formula is C81H152N2O17P2. The summed E-state index contributed by atoms with van der Waals surface area (Å²) in [5, 5.41) is 19.4. The Morgan fingerprint density at radius 1 is 0.333 bits per heavy atom. The summed E-state index contributed by atoms with van der Waals surface area (Å²) in [6.45, 7) is 2.70. The van der Waals surface area contributed by atoms with Gasteiger partial charge in [0, 0.05) is 32.1 Å². The molecule has 0 aromatic carbocycles. The van der Waals surface area contributed by atoms with Crippen molar-refractivity contribution < 1.29 is 80.2 Å². The molecule has 0 saturated heterocycles. The first-order chi connectivity index (χ1) is 49.6. The van der Waals surface area contributed by atoms with Gasteiger partial charge < -0.3 is 33.8 Å². The fourth-order valence-electron chi connectivity index (χ4n) is 12.8. The fraction of sp³-hybridized carbons (Fsp3) is 0.926. The van der Waals surface area contributed by atoms with Crippen LogP contribution in [-0.4, -0.2) is 102 Å². The van der Waals surface area contributed by atoms with E-state index in [2.05, 4.69) is 36.9 Å². The Bertz CT molecular complexity index is 2140. The average Bonchev–Trinajstić information content (AvgIpc) is 1.67. The number of hydrogen-bond acceptors (Lipinski definition) is 17. The van der Waals surface area contributed by atoms with E-state index in [1.807, 2.05) is 0 Å². The van der Waals surface area contributed by atoms with E-state index >= 15 is 0 Å². The van der Waals surface area contributed by atoms with Crippen molar-refractivity contribution in [1.82, 2.24) is 0 Å². The van der Waals surface area contributed by atoms with Crippen molar-refractivity contribution in [1.29, 1.82) is 0 Å². The molecule has 0 aliphatic carbocycles. The maximum absolute atomic E-state index is 13.1. The SMILES string of the molecule is C#CCCCCCCCCCCCCCCCC(=O)O[C@H](COC(=O)CCCCCCCCCCC1(CCCCCC)N=N1)COP(=O)(O)OCC(O)COP(=O)(O)OC[C@@H](COC(=O)CCCCCCCCCCCCCCCCC)OC(=O)CCCCCCCCCCCCCCCCC. The lowest BCUT2D eigenvalue weighted by Gasteiger charge is -2.21. The second kappa shape index (κ2) is 69.9. The molecule has 102 heavy (non-hydrogen) atoms. The zero-order valence-electron chi connectivity index (χ0n) is 65.2. The normalized spacial score (nSPS) is 14.6. The van der Waals surface area contributed by atoms with Crippen LogP contribution in [0, 0.1) is 12.3 Å². The highest BCUT2D eigenvalue weighted by atomic mass is 31.2. The van der Waals surface area contributed by atoms with Crippen LogP contribution in [0.2, 0.25) is 0 Å². The third-order valence-electron chi connectivity index (χ3n) is 19.4. The molecular weight excluding hydrogens is 1330 g/mol. The highest BCUT2D eigenvalue weighted by molar-refractivity contribution is 7.47. The van der Waals surface area contributed by atoms with Crippen molar-refractivity contribution in [2.45, 2.75) is 443 Å². The van der Waals surface area contributed by atoms with Crippen molar-refractivity contribution >= 4 is 39.5 Å². The second-order valence-electron chi connectivity index (χ2n) is 29.4. The van der Waals surface area contributed by atoms with Crippen molar-refractivity contribution in [2.24, 2.45) is 10.2 Å². The number of aliphatic hydroxyl groups excluding tert-OH is 1. The summed E-state index contributed by atoms with van der Waals surface area (Å²) >= 11 is 0. The molecule has 5 atom stereocenters. The van der Waals surface area contributed by atoms with E-state index in [4.69, 9.17) is 43.5 Å². The van der Waals surface area contributed by atoms with Gasteiger partial charge in [0.25, 0.3) is 0 Å². The number of carbonyl (C=O) groups excluding carboxylic acids is 4. The van der Waals surface area contributed by atoms with E-state index in [1.54, 1.807) is 0 Å². The minimum absolute atomic E-state index is 0.0910. The zero-order chi connectivity index (χ0) is 74.4. The molecule has 3 N–H and O–H groups in total. The largest absolute Gasteiger partial charge is 0.472 e. The average molecular weight is 1490 g/mol. The predicted octanol–water partition coefficient (Wildman–Crippen LogP) is 23.6. The van der Waals surface area contributed by atoms with Crippen molar-refractivity contribution in [3.05, 3.63) is 0 Å². The quantitative estimate of drug-likeness (QED) is 0.0168. The van der Waals surface area contributed by atoms with Gasteiger partial charge in [0.2, 0.25) is 0 Å². The van der Waals surface area contributed by atoms with Gasteiger partial charge in [-0.3, -0.25) is 37.3 Å². The molecule has 1 heterocycles. The van der Waals surface area contributed by atoms with E-state index in [0.717, 1.165) is 141 Å². The summed E-state index contributed by atoms with van der Waals surface area (Å²) in [4.78, 5) is 73.2. The summed E-state index contributed by atoms with van der Waals surface area (Å²) in [5.41, 5.74) is -0.0965. The summed E-state index contributed by atoms with van der Waals surface area (Å²) in [5.74, 6) is 0.555. The van der Waals surface area contributed by atoms with Crippen LogP contribution < -0.4 is 0 Å². The first-order valence-corrected chi connectivity index (χ1v) is 45.1. The predicted molar refractivity (Wildman–Crippen MR) is 411 cm³/mol. The number of rotatable bonds is 81. The third-order valence-corrected chi connectivity index (χ3v) is 21.3. The number of esters is 4. The summed E-state index contributed by atoms with van der Waals surface area (Å²) in [6.07, 6.45) is 67.5. The first-order valence-electron chi connectivity index (χ1n) is 42.1. The van der Waals surface area contributed by atoms with Crippen LogP contribution in [0.5, 0.6) is 0 Å². The van der Waals surface area contributed by atoms with Crippen molar-refractivity contribution in [2.75, 3.05) is 39.6 Å². The molecule has 0 spiro atoms. The number of hydrogen-bond donors (Lipinski definition) is 3. The lowest BCUT2D eigenvalue weighted by molar-refractivity contribution is -0.161. The number of unbranched alkanes of at least 4 members (excludes halogenated alkanes) is 51. The highest BCUT2D eigenvalue weighted by Crippen LogP contribution is 2.46. The molecule has 1 aliphatic heterocycles. The number of aliphatic hydroxyl groups is 1. The standard InChI is InChI=1S/C81H152N2O17P2/c1-5-9-13-17-20-23-26-29-32-35-38-41-46-51-56-62-77(85)93-70-75(99-79(87)64-58-53-48-42-39-36-33-30-27-24-21-18-14-10-6-2)72-97-101(89,90)95-68-74(84)69-96-102(91,92)98-73-76(100-80(88)65-59-54-49-43-40-37-34-31-28-25-22-19-15-11-7-3)71-94-78(86)63-57-52-47-44-45-50-55-61-67-81(82-83-81)66-60-16-12-8-4/h3,74-76,84H,5-6,8-73H2,1-2,4H3,(H,89,90)(H,91,92)/t74?,75-,76-/m1/s1. The minimum Gasteiger partial charge on any atom is -0.462 e. The molecule has 1 aliphatic rings. The Balaban J connectivity index is 2.71. The van der Waals surface area contributed by atoms with Gasteiger partial charge in [-0.15, -0.1) is 12.3 Å². The lowest BCUT2D eigenvalue weighted by atomic mass is 9.97. The molecule has 0 fully saturated rings. The molecule has 0 saturated carbocycles. The van der Waals surface area contributed by atoms with Crippen LogP contribution in [0.25, 0.3) is 0 Å². The summed E-state index contributed by atoms with van der Waals surface area (Å²) in [6, 6.07) is 0. The Labute approximate surface area is 621 Å². The first kappa shape index (κ1) is 97.2. The van der Waals surface area contributed by atoms with Gasteiger partial charge in [0.05, 0.1) is 26.4 Å². The van der Waals surface area contributed by atoms with Gasteiger partial charge >= 0.3 is 39.5 Å². The van der Waals surface area contributed by atoms with Crippen molar-refractivity contribution in [3.63, 3.8) is 0 Å². The van der Waals surface area contributed by atoms with Crippen LogP contribution in [0.15, 0.2) is 10.2 Å². The van der Waals surface area contributed by atoms with Crippen LogP contribution in [0.4, 0.5) is 0 Å². The Kier molecular flexibility index (Phi) is 66.7. The maximum Gasteiger partial charge on any atom is 0.472 e. The molecule has 0 bridgehead atoms. The molecule has 0 radical (unpaired) electrons. The Hall–Kier alpha value is -2.78. The minimum atomic E-state index is -4.98. The van der Waals surface area contributed by atoms with E-state index in [9.17, 15) is 43.2 Å². The number of nitrogens with zero attached hydrogens (tertiary/aromatic N) is 2. The van der Waals surface area contributed by atoms with E-state index in [0.29, 0.717) is 25.7 Å². The molecule has 19 nitrogen and oxygen atoms in total. The monoisotopic (exact) mass is 1490 g/mol. The molecule has 3 unspecified atom stereocenters. The van der Waals surface area contributed by atoms with Gasteiger partial charge in [0.1, 0.15) is 19.3 Å². The molecule has 598 valence electrons. The van der Waals surface area contributed by atoms with E-state index in [-0.39, 0.29) is 31.3 Å². The summed E-state index contributed by atoms with van der Waals surface area (Å²) in [7, 11) is -9.95. The Morgan fingerprint density at radius 2 is 0.559 bits per heavy atom. The van der Waals surface area contributed by atoms with Gasteiger partial charge in [-0.1, -0.05) is 329 Å². The van der Waals surface area contributed by atoms with Gasteiger partial charge in [-0.25, -0.2) is 9.13 Å². The molecule has 0 aromatic rings. The van der Waals surface area contributed by atoms with E-state index in [1.165, 1.54) is 205 Å². The number of ether oxygens (including phenoxy) is 4. The molecule has 0 amide bonds. The van der Waals surface area contributed by atoms with Gasteiger partial charge in [-0.2, -0.15) is 10.2 Å². The number of phosphoric ester groups is 2. The Morgan fingerprint density at radius 3 is 0.824 bits per heavy atom. The van der Waals surface area contributed by atoms with Gasteiger partial charge in [0.15, 0.2) is 17.9 Å². The molecule has 21 heteroatoms. The topological polar surface area (TPSA) is 262 Å². The van der Waals surface area contributed by atoms with Crippen LogP contribution >= 0.6 is 15.6 Å². The summed E-state index contributed by atoms with van der Waals surface area (Å²) < 4.78 is 68.8. The van der Waals surface area contributed by atoms with E-state index < -0.39 is 97.5 Å². The van der Waals surface area contributed by atoms with Gasteiger partial charge in [-0.05, 0) is 57.8 Å². The number of carbonyl (C=O) groups is 4. The fourth-order valence-corrected chi connectivity index (χ4v) is 14.3. The van der Waals surface area contributed by atoms with Crippen LogP contribution in [-0.2, 0) is 65.4 Å². The number of terminal acetylenes is 1.